The van der Waals surface area contributed by atoms with Crippen LogP contribution in [0.25, 0.3) is 0 Å². The Balaban J connectivity index is 0.000000293. The summed E-state index contributed by atoms with van der Waals surface area (Å²) in [6.45, 7) is 0.959. The number of alkyl halides is 3. The van der Waals surface area contributed by atoms with E-state index in [0.717, 1.165) is 18.7 Å². The lowest BCUT2D eigenvalue weighted by molar-refractivity contribution is -0.105. The average molecular weight is 373 g/mol. The first-order valence-corrected chi connectivity index (χ1v) is 7.47. The first-order valence-electron chi connectivity index (χ1n) is 7.09. The van der Waals surface area contributed by atoms with E-state index in [9.17, 15) is 22.8 Å². The maximum Gasteiger partial charge on any atom is 0.454 e. The lowest BCUT2D eigenvalue weighted by atomic mass is 10.1. The molecule has 25 heavy (non-hydrogen) atoms. The highest BCUT2D eigenvalue weighted by molar-refractivity contribution is 6.31. The fourth-order valence-corrected chi connectivity index (χ4v) is 2.02. The predicted molar refractivity (Wildman–Crippen MR) is 90.7 cm³/mol. The van der Waals surface area contributed by atoms with Crippen molar-refractivity contribution in [2.75, 3.05) is 12.4 Å². The molecule has 134 valence electrons. The van der Waals surface area contributed by atoms with Gasteiger partial charge in [0.2, 0.25) is 6.41 Å². The third-order valence-corrected chi connectivity index (χ3v) is 3.16. The van der Waals surface area contributed by atoms with Crippen molar-refractivity contribution in [3.05, 3.63) is 64.7 Å². The molecule has 0 aliphatic carbocycles. The topological polar surface area (TPSA) is 58.2 Å². The zero-order valence-corrected chi connectivity index (χ0v) is 14.0. The summed E-state index contributed by atoms with van der Waals surface area (Å²) in [4.78, 5) is 21.1. The minimum atomic E-state index is -5.01. The van der Waals surface area contributed by atoms with E-state index >= 15 is 0 Å². The van der Waals surface area contributed by atoms with Gasteiger partial charge in [-0.05, 0) is 30.8 Å². The molecule has 0 spiro atoms. The van der Waals surface area contributed by atoms with Crippen molar-refractivity contribution in [1.82, 2.24) is 5.32 Å². The maximum absolute atomic E-state index is 12.2. The van der Waals surface area contributed by atoms with E-state index in [1.807, 2.05) is 30.6 Å². The highest BCUT2D eigenvalue weighted by Gasteiger charge is 2.40. The van der Waals surface area contributed by atoms with Gasteiger partial charge in [-0.1, -0.05) is 41.9 Å². The second-order valence-electron chi connectivity index (χ2n) is 4.79. The van der Waals surface area contributed by atoms with E-state index < -0.39 is 17.5 Å². The summed E-state index contributed by atoms with van der Waals surface area (Å²) in [7, 11) is 1.95. The summed E-state index contributed by atoms with van der Waals surface area (Å²) >= 11 is 5.48. The minimum Gasteiger partial charge on any atom is -0.328 e. The van der Waals surface area contributed by atoms with E-state index in [1.165, 1.54) is 11.6 Å². The molecule has 2 N–H and O–H groups in total. The Bertz CT molecular complexity index is 707. The zero-order valence-electron chi connectivity index (χ0n) is 13.2. The first kappa shape index (κ1) is 20.7. The number of Topliss-reactive ketones (excluding diaryl/α,β-unsaturated/α-hetero) is 1. The van der Waals surface area contributed by atoms with Gasteiger partial charge in [0, 0.05) is 11.6 Å². The Morgan fingerprint density at radius 3 is 2.32 bits per heavy atom. The minimum absolute atomic E-state index is 0.0240. The van der Waals surface area contributed by atoms with Gasteiger partial charge in [0.15, 0.2) is 0 Å². The van der Waals surface area contributed by atoms with E-state index in [0.29, 0.717) is 0 Å². The maximum atomic E-state index is 12.2. The van der Waals surface area contributed by atoms with Gasteiger partial charge in [-0.25, -0.2) is 0 Å². The molecule has 0 bridgehead atoms. The van der Waals surface area contributed by atoms with Crippen LogP contribution >= 0.6 is 11.6 Å². The first-order chi connectivity index (χ1) is 11.8. The van der Waals surface area contributed by atoms with E-state index in [-0.39, 0.29) is 17.1 Å². The fraction of sp³-hybridized carbons (Fsp3) is 0.176. The molecule has 0 aromatic heterocycles. The molecule has 0 fully saturated rings. The van der Waals surface area contributed by atoms with Gasteiger partial charge in [-0.2, -0.15) is 13.2 Å². The van der Waals surface area contributed by atoms with Crippen LogP contribution in [0, 0.1) is 0 Å². The Morgan fingerprint density at radius 2 is 1.80 bits per heavy atom. The van der Waals surface area contributed by atoms with Crippen LogP contribution in [-0.4, -0.2) is 25.4 Å². The summed E-state index contributed by atoms with van der Waals surface area (Å²) in [5, 5.41) is 5.06. The van der Waals surface area contributed by atoms with Gasteiger partial charge in [0.1, 0.15) is 0 Å². The number of carbonyl (C=O) groups is 2. The summed E-state index contributed by atoms with van der Waals surface area (Å²) < 4.78 is 36.5. The fourth-order valence-electron chi connectivity index (χ4n) is 1.85. The number of halogens is 4. The van der Waals surface area contributed by atoms with Crippen molar-refractivity contribution in [2.24, 2.45) is 0 Å². The van der Waals surface area contributed by atoms with Crippen molar-refractivity contribution < 1.29 is 22.8 Å². The molecule has 0 atom stereocenters. The van der Waals surface area contributed by atoms with E-state index in [4.69, 9.17) is 11.6 Å². The van der Waals surface area contributed by atoms with Gasteiger partial charge in [-0.3, -0.25) is 9.59 Å². The third-order valence-electron chi connectivity index (χ3n) is 2.92. The van der Waals surface area contributed by atoms with Crippen LogP contribution in [0.1, 0.15) is 15.9 Å². The number of hydrogen-bond acceptors (Lipinski definition) is 3. The third kappa shape index (κ3) is 6.94. The van der Waals surface area contributed by atoms with E-state index in [1.54, 1.807) is 0 Å². The molecule has 2 rings (SSSR count). The molecule has 1 amide bonds. The average Bonchev–Trinajstić information content (AvgIpc) is 2.57. The normalized spacial score (nSPS) is 10.4. The monoisotopic (exact) mass is 372 g/mol. The molecule has 4 nitrogen and oxygen atoms in total. The number of nitrogens with one attached hydrogen (secondary N) is 2. The van der Waals surface area contributed by atoms with Crippen molar-refractivity contribution in [3.8, 4) is 0 Å². The largest absolute Gasteiger partial charge is 0.454 e. The summed E-state index contributed by atoms with van der Waals surface area (Å²) in [5.41, 5.74) is 0.411. The zero-order chi connectivity index (χ0) is 18.9. The Kier molecular flexibility index (Phi) is 8.10. The molecular weight excluding hydrogens is 357 g/mol. The van der Waals surface area contributed by atoms with Crippen LogP contribution in [-0.2, 0) is 11.3 Å². The molecule has 0 saturated heterocycles. The quantitative estimate of drug-likeness (QED) is 0.614. The summed E-state index contributed by atoms with van der Waals surface area (Å²) in [5.74, 6) is -2.06. The highest BCUT2D eigenvalue weighted by Crippen LogP contribution is 2.28. The number of carbonyl (C=O) groups excluding carboxylic acids is 2. The van der Waals surface area contributed by atoms with Gasteiger partial charge in [0.05, 0.1) is 11.3 Å². The smallest absolute Gasteiger partial charge is 0.328 e. The van der Waals surface area contributed by atoms with Crippen LogP contribution in [0.4, 0.5) is 18.9 Å². The summed E-state index contributed by atoms with van der Waals surface area (Å²) in [6.07, 6.45) is -4.83. The Morgan fingerprint density at radius 1 is 1.16 bits per heavy atom. The molecular formula is C17H16ClF3N2O2. The molecule has 8 heteroatoms. The second-order valence-corrected chi connectivity index (χ2v) is 5.23. The SMILES string of the molecule is CNCc1ccccc1.O=CNc1ccc(Cl)cc1C(=O)C(F)(F)F. The summed E-state index contributed by atoms with van der Waals surface area (Å²) in [6, 6.07) is 13.6. The van der Waals surface area contributed by atoms with Crippen LogP contribution < -0.4 is 10.6 Å². The molecule has 0 heterocycles. The Labute approximate surface area is 148 Å². The molecule has 0 aliphatic rings. The number of anilines is 1. The second kappa shape index (κ2) is 9.80. The van der Waals surface area contributed by atoms with Crippen LogP contribution in [0.15, 0.2) is 48.5 Å². The molecule has 0 radical (unpaired) electrons. The lowest BCUT2D eigenvalue weighted by Gasteiger charge is -2.09. The predicted octanol–water partition coefficient (Wildman–Crippen LogP) is 4.06. The lowest BCUT2D eigenvalue weighted by Crippen LogP contribution is -2.23. The number of rotatable bonds is 5. The van der Waals surface area contributed by atoms with Crippen LogP contribution in [0.5, 0.6) is 0 Å². The number of ketones is 1. The number of hydrogen-bond donors (Lipinski definition) is 2. The number of benzene rings is 2. The van der Waals surface area contributed by atoms with Gasteiger partial charge < -0.3 is 10.6 Å². The van der Waals surface area contributed by atoms with Gasteiger partial charge in [-0.15, -0.1) is 0 Å². The van der Waals surface area contributed by atoms with Crippen molar-refractivity contribution in [1.29, 1.82) is 0 Å². The van der Waals surface area contributed by atoms with Crippen LogP contribution in [0.2, 0.25) is 5.02 Å². The van der Waals surface area contributed by atoms with Crippen molar-refractivity contribution in [2.45, 2.75) is 12.7 Å². The molecule has 0 aliphatic heterocycles. The van der Waals surface area contributed by atoms with Crippen molar-refractivity contribution >= 4 is 29.5 Å². The van der Waals surface area contributed by atoms with E-state index in [2.05, 4.69) is 17.4 Å². The van der Waals surface area contributed by atoms with Crippen LogP contribution in [0.3, 0.4) is 0 Å². The van der Waals surface area contributed by atoms with Gasteiger partial charge >= 0.3 is 6.18 Å². The van der Waals surface area contributed by atoms with Gasteiger partial charge in [0.25, 0.3) is 5.78 Å². The molecule has 0 saturated carbocycles. The molecule has 2 aromatic rings. The number of amides is 1. The highest BCUT2D eigenvalue weighted by atomic mass is 35.5. The molecule has 2 aromatic carbocycles. The van der Waals surface area contributed by atoms with Crippen molar-refractivity contribution in [3.63, 3.8) is 0 Å². The standard InChI is InChI=1S/C9H5ClF3NO2.C8H11N/c10-5-1-2-7(14-4-15)6(3-5)8(16)9(11,12)13;1-9-7-8-5-3-2-4-6-8/h1-4H,(H,14,15);2-6,9H,7H2,1H3. The Hall–Kier alpha value is -2.38. The molecule has 0 unspecified atom stereocenters.